The van der Waals surface area contributed by atoms with Crippen LogP contribution in [0.1, 0.15) is 59.1 Å². The number of amides is 1. The van der Waals surface area contributed by atoms with Gasteiger partial charge in [0.25, 0.3) is 5.91 Å². The van der Waals surface area contributed by atoms with Gasteiger partial charge in [0, 0.05) is 29.8 Å². The Labute approximate surface area is 197 Å². The maximum absolute atomic E-state index is 14.3. The number of carbonyl (C=O) groups excluding carboxylic acids is 2. The molecule has 33 heavy (non-hydrogen) atoms. The van der Waals surface area contributed by atoms with Crippen molar-refractivity contribution < 1.29 is 28.2 Å². The molecule has 1 aliphatic rings. The third-order valence-electron chi connectivity index (χ3n) is 6.48. The summed E-state index contributed by atoms with van der Waals surface area (Å²) in [7, 11) is 1.32. The third-order valence-corrected chi connectivity index (χ3v) is 7.61. The Bertz CT molecular complexity index is 949. The normalized spacial score (nSPS) is 20.5. The molecule has 0 saturated carbocycles. The number of alkyl halides is 2. The monoisotopic (exact) mass is 479 g/mol. The van der Waals surface area contributed by atoms with E-state index in [1.165, 1.54) is 23.3 Å². The molecule has 1 N–H and O–H groups in total. The first-order valence-corrected chi connectivity index (χ1v) is 12.0. The Morgan fingerprint density at radius 2 is 1.94 bits per heavy atom. The molecule has 0 spiro atoms. The number of esters is 1. The maximum atomic E-state index is 14.3. The molecule has 4 unspecified atom stereocenters. The van der Waals surface area contributed by atoms with E-state index in [1.54, 1.807) is 6.07 Å². The Balaban J connectivity index is 1.61. The molecule has 1 amide bonds. The van der Waals surface area contributed by atoms with Crippen molar-refractivity contribution in [3.63, 3.8) is 0 Å². The SMILES string of the molecule is COC(=O)c1ccc(CCCN2C(=O)C(F)(F)CC2C(C)CC(O)C(C)c2ccccc2)s1. The first-order chi connectivity index (χ1) is 15.6. The summed E-state index contributed by atoms with van der Waals surface area (Å²) < 4.78 is 33.4. The molecule has 1 aromatic carbocycles. The summed E-state index contributed by atoms with van der Waals surface area (Å²) in [6.07, 6.45) is 0.191. The summed E-state index contributed by atoms with van der Waals surface area (Å²) in [4.78, 5) is 26.7. The number of nitrogens with zero attached hydrogens (tertiary/aromatic N) is 1. The highest BCUT2D eigenvalue weighted by Gasteiger charge is 2.54. The molecular formula is C25H31F2NO4S. The van der Waals surface area contributed by atoms with E-state index in [-0.39, 0.29) is 18.4 Å². The average molecular weight is 480 g/mol. The van der Waals surface area contributed by atoms with Crippen molar-refractivity contribution in [2.24, 2.45) is 5.92 Å². The number of likely N-dealkylation sites (tertiary alicyclic amines) is 1. The van der Waals surface area contributed by atoms with E-state index in [9.17, 15) is 23.5 Å². The van der Waals surface area contributed by atoms with Gasteiger partial charge in [-0.25, -0.2) is 4.79 Å². The Kier molecular flexibility index (Phi) is 8.23. The van der Waals surface area contributed by atoms with Gasteiger partial charge < -0.3 is 14.7 Å². The van der Waals surface area contributed by atoms with Crippen LogP contribution in [0.3, 0.4) is 0 Å². The Morgan fingerprint density at radius 3 is 2.61 bits per heavy atom. The van der Waals surface area contributed by atoms with Gasteiger partial charge in [0.2, 0.25) is 0 Å². The van der Waals surface area contributed by atoms with Gasteiger partial charge in [-0.2, -0.15) is 8.78 Å². The van der Waals surface area contributed by atoms with Crippen LogP contribution in [-0.4, -0.2) is 53.6 Å². The van der Waals surface area contributed by atoms with Gasteiger partial charge in [-0.15, -0.1) is 11.3 Å². The summed E-state index contributed by atoms with van der Waals surface area (Å²) in [6, 6.07) is 12.5. The lowest BCUT2D eigenvalue weighted by Gasteiger charge is -2.31. The smallest absolute Gasteiger partial charge is 0.348 e. The topological polar surface area (TPSA) is 66.8 Å². The number of methoxy groups -OCH3 is 1. The molecule has 0 aliphatic carbocycles. The van der Waals surface area contributed by atoms with Crippen LogP contribution in [0.5, 0.6) is 0 Å². The fraction of sp³-hybridized carbons (Fsp3) is 0.520. The molecular weight excluding hydrogens is 448 g/mol. The molecule has 1 aliphatic heterocycles. The lowest BCUT2D eigenvalue weighted by molar-refractivity contribution is -0.148. The summed E-state index contributed by atoms with van der Waals surface area (Å²) in [5, 5.41) is 10.7. The molecule has 1 saturated heterocycles. The minimum Gasteiger partial charge on any atom is -0.465 e. The average Bonchev–Trinajstić information content (AvgIpc) is 3.36. The van der Waals surface area contributed by atoms with Gasteiger partial charge in [0.05, 0.1) is 13.2 Å². The summed E-state index contributed by atoms with van der Waals surface area (Å²) >= 11 is 1.31. The van der Waals surface area contributed by atoms with Crippen molar-refractivity contribution in [2.45, 2.75) is 63.5 Å². The van der Waals surface area contributed by atoms with Gasteiger partial charge in [-0.3, -0.25) is 4.79 Å². The standard InChI is InChI=1S/C25H31F2NO4S/c1-16(14-21(29)17(2)18-8-5-4-6-9-18)20-15-25(26,27)24(31)28(20)13-7-10-19-11-12-22(33-19)23(30)32-3/h4-6,8-9,11-12,16-17,20-21,29H,7,10,13-15H2,1-3H3. The van der Waals surface area contributed by atoms with Crippen molar-refractivity contribution in [3.8, 4) is 0 Å². The van der Waals surface area contributed by atoms with Crippen LogP contribution >= 0.6 is 11.3 Å². The number of halogens is 2. The van der Waals surface area contributed by atoms with Crippen LogP contribution in [0.2, 0.25) is 0 Å². The van der Waals surface area contributed by atoms with Crippen LogP contribution in [0.4, 0.5) is 8.78 Å². The number of ether oxygens (including phenoxy) is 1. The van der Waals surface area contributed by atoms with Gasteiger partial charge >= 0.3 is 11.9 Å². The van der Waals surface area contributed by atoms with Crippen LogP contribution < -0.4 is 0 Å². The predicted molar refractivity (Wildman–Crippen MR) is 124 cm³/mol. The van der Waals surface area contributed by atoms with Crippen LogP contribution in [-0.2, 0) is 16.0 Å². The van der Waals surface area contributed by atoms with E-state index >= 15 is 0 Å². The van der Waals surface area contributed by atoms with Crippen molar-refractivity contribution in [2.75, 3.05) is 13.7 Å². The van der Waals surface area contributed by atoms with E-state index in [1.807, 2.05) is 50.2 Å². The minimum atomic E-state index is -3.38. The number of hydrogen-bond donors (Lipinski definition) is 1. The van der Waals surface area contributed by atoms with Crippen molar-refractivity contribution >= 4 is 23.2 Å². The molecule has 0 radical (unpaired) electrons. The zero-order chi connectivity index (χ0) is 24.2. The van der Waals surface area contributed by atoms with Crippen molar-refractivity contribution in [1.82, 2.24) is 4.90 Å². The molecule has 2 heterocycles. The highest BCUT2D eigenvalue weighted by atomic mass is 32.1. The van der Waals surface area contributed by atoms with E-state index in [4.69, 9.17) is 4.74 Å². The zero-order valence-electron chi connectivity index (χ0n) is 19.2. The zero-order valence-corrected chi connectivity index (χ0v) is 20.0. The van der Waals surface area contributed by atoms with Gasteiger partial charge in [0.1, 0.15) is 4.88 Å². The molecule has 2 aromatic rings. The largest absolute Gasteiger partial charge is 0.465 e. The molecule has 180 valence electrons. The summed E-state index contributed by atoms with van der Waals surface area (Å²) in [5.41, 5.74) is 0.990. The fourth-order valence-electron chi connectivity index (χ4n) is 4.46. The summed E-state index contributed by atoms with van der Waals surface area (Å²) in [6.45, 7) is 3.96. The lowest BCUT2D eigenvalue weighted by Crippen LogP contribution is -2.40. The van der Waals surface area contributed by atoms with E-state index in [2.05, 4.69) is 0 Å². The van der Waals surface area contributed by atoms with Gasteiger partial charge in [-0.1, -0.05) is 44.2 Å². The van der Waals surface area contributed by atoms with Crippen LogP contribution in [0.15, 0.2) is 42.5 Å². The first-order valence-electron chi connectivity index (χ1n) is 11.2. The highest BCUT2D eigenvalue weighted by Crippen LogP contribution is 2.39. The highest BCUT2D eigenvalue weighted by molar-refractivity contribution is 7.13. The number of hydrogen-bond acceptors (Lipinski definition) is 5. The summed E-state index contributed by atoms with van der Waals surface area (Å²) in [5.74, 6) is -5.33. The van der Waals surface area contributed by atoms with Crippen molar-refractivity contribution in [3.05, 3.63) is 57.8 Å². The number of rotatable bonds is 10. The van der Waals surface area contributed by atoms with Crippen molar-refractivity contribution in [1.29, 1.82) is 0 Å². The Hall–Kier alpha value is -2.32. The van der Waals surface area contributed by atoms with Crippen LogP contribution in [0.25, 0.3) is 0 Å². The molecule has 0 bridgehead atoms. The molecule has 3 rings (SSSR count). The van der Waals surface area contributed by atoms with Gasteiger partial charge in [-0.05, 0) is 42.9 Å². The molecule has 1 aromatic heterocycles. The van der Waals surface area contributed by atoms with Crippen LogP contribution in [0, 0.1) is 5.92 Å². The molecule has 8 heteroatoms. The first kappa shape index (κ1) is 25.3. The number of carbonyl (C=O) groups is 2. The van der Waals surface area contributed by atoms with E-state index < -0.39 is 36.4 Å². The number of aryl methyl sites for hydroxylation is 1. The molecule has 5 nitrogen and oxygen atoms in total. The Morgan fingerprint density at radius 1 is 1.24 bits per heavy atom. The predicted octanol–water partition coefficient (Wildman–Crippen LogP) is 4.89. The van der Waals surface area contributed by atoms with Gasteiger partial charge in [0.15, 0.2) is 0 Å². The molecule has 1 fully saturated rings. The fourth-order valence-corrected chi connectivity index (χ4v) is 5.43. The maximum Gasteiger partial charge on any atom is 0.348 e. The minimum absolute atomic E-state index is 0.137. The lowest BCUT2D eigenvalue weighted by atomic mass is 9.86. The number of aliphatic hydroxyl groups excluding tert-OH is 1. The van der Waals surface area contributed by atoms with E-state index in [0.29, 0.717) is 24.1 Å². The second-order valence-corrected chi connectivity index (χ2v) is 9.98. The molecule has 4 atom stereocenters. The quantitative estimate of drug-likeness (QED) is 0.493. The third kappa shape index (κ3) is 5.98. The number of thiophene rings is 1. The second kappa shape index (κ2) is 10.7. The van der Waals surface area contributed by atoms with E-state index in [0.717, 1.165) is 10.4 Å². The number of aliphatic hydroxyl groups is 1. The second-order valence-electron chi connectivity index (χ2n) is 8.82. The number of benzene rings is 1.